The van der Waals surface area contributed by atoms with E-state index in [9.17, 15) is 4.79 Å². The van der Waals surface area contributed by atoms with Crippen LogP contribution in [0.1, 0.15) is 48.4 Å². The zero-order valence-corrected chi connectivity index (χ0v) is 13.2. The van der Waals surface area contributed by atoms with E-state index >= 15 is 0 Å². The van der Waals surface area contributed by atoms with Crippen molar-refractivity contribution in [3.8, 4) is 10.4 Å². The van der Waals surface area contributed by atoms with Crippen molar-refractivity contribution in [1.29, 1.82) is 0 Å². The summed E-state index contributed by atoms with van der Waals surface area (Å²) in [7, 11) is 0. The molecule has 0 bridgehead atoms. The summed E-state index contributed by atoms with van der Waals surface area (Å²) in [5, 5.41) is 2.04. The Kier molecular flexibility index (Phi) is 4.65. The van der Waals surface area contributed by atoms with Crippen molar-refractivity contribution in [1.82, 2.24) is 4.57 Å². The fourth-order valence-corrected chi connectivity index (χ4v) is 3.57. The standard InChI is InChI=1S/C16H22N2OS/c1-4-6-9-18-11(3)14(16(17)19)15(12(18)5-2)13-8-7-10-20-13/h7-8,10H,4-6,9H2,1-3H3,(H2,17,19). The van der Waals surface area contributed by atoms with E-state index in [-0.39, 0.29) is 5.91 Å². The number of nitrogens with zero attached hydrogens (tertiary/aromatic N) is 1. The molecule has 0 fully saturated rings. The fraction of sp³-hybridized carbons (Fsp3) is 0.438. The lowest BCUT2D eigenvalue weighted by Gasteiger charge is -2.10. The van der Waals surface area contributed by atoms with Gasteiger partial charge in [0.15, 0.2) is 0 Å². The lowest BCUT2D eigenvalue weighted by atomic mass is 10.1. The molecule has 4 heteroatoms. The van der Waals surface area contributed by atoms with Gasteiger partial charge in [-0.3, -0.25) is 4.79 Å². The molecule has 3 nitrogen and oxygen atoms in total. The van der Waals surface area contributed by atoms with Crippen LogP contribution in [0, 0.1) is 6.92 Å². The molecular formula is C16H22N2OS. The first-order valence-corrected chi connectivity index (χ1v) is 8.05. The molecule has 1 amide bonds. The van der Waals surface area contributed by atoms with Gasteiger partial charge in [0.2, 0.25) is 0 Å². The first-order chi connectivity index (χ1) is 9.61. The Morgan fingerprint density at radius 3 is 2.65 bits per heavy atom. The number of aromatic nitrogens is 1. The van der Waals surface area contributed by atoms with Gasteiger partial charge in [0.05, 0.1) is 5.56 Å². The Morgan fingerprint density at radius 1 is 1.40 bits per heavy atom. The number of nitrogens with two attached hydrogens (primary N) is 1. The number of carbonyl (C=O) groups excluding carboxylic acids is 1. The smallest absolute Gasteiger partial charge is 0.251 e. The first-order valence-electron chi connectivity index (χ1n) is 7.17. The molecule has 0 saturated carbocycles. The van der Waals surface area contributed by atoms with Crippen LogP contribution in [0.2, 0.25) is 0 Å². The average Bonchev–Trinajstić information content (AvgIpc) is 3.01. The van der Waals surface area contributed by atoms with Gasteiger partial charge in [0.1, 0.15) is 0 Å². The van der Waals surface area contributed by atoms with Crippen LogP contribution >= 0.6 is 11.3 Å². The zero-order valence-electron chi connectivity index (χ0n) is 12.4. The number of carbonyl (C=O) groups is 1. The maximum Gasteiger partial charge on any atom is 0.251 e. The molecule has 0 radical (unpaired) electrons. The van der Waals surface area contributed by atoms with E-state index in [4.69, 9.17) is 5.73 Å². The molecule has 0 aliphatic rings. The minimum atomic E-state index is -0.323. The molecule has 2 heterocycles. The number of hydrogen-bond acceptors (Lipinski definition) is 2. The van der Waals surface area contributed by atoms with E-state index in [2.05, 4.69) is 24.5 Å². The molecule has 0 spiro atoms. The number of thiophene rings is 1. The van der Waals surface area contributed by atoms with Crippen LogP contribution in [0.3, 0.4) is 0 Å². The molecule has 2 rings (SSSR count). The molecule has 0 aliphatic heterocycles. The Hall–Kier alpha value is -1.55. The summed E-state index contributed by atoms with van der Waals surface area (Å²) in [5.41, 5.74) is 9.61. The second-order valence-corrected chi connectivity index (χ2v) is 5.93. The van der Waals surface area contributed by atoms with E-state index in [1.165, 1.54) is 5.69 Å². The Balaban J connectivity index is 2.66. The molecule has 108 valence electrons. The lowest BCUT2D eigenvalue weighted by molar-refractivity contribution is 0.1000. The number of unbranched alkanes of at least 4 members (excludes halogenated alkanes) is 1. The van der Waals surface area contributed by atoms with Gasteiger partial charge >= 0.3 is 0 Å². The lowest BCUT2D eigenvalue weighted by Crippen LogP contribution is -2.13. The Bertz CT molecular complexity index is 597. The topological polar surface area (TPSA) is 48.0 Å². The summed E-state index contributed by atoms with van der Waals surface area (Å²) in [5.74, 6) is -0.323. The summed E-state index contributed by atoms with van der Waals surface area (Å²) in [6, 6.07) is 4.08. The van der Waals surface area contributed by atoms with Gasteiger partial charge in [-0.1, -0.05) is 26.3 Å². The molecule has 2 aromatic rings. The number of amides is 1. The van der Waals surface area contributed by atoms with E-state index in [1.54, 1.807) is 11.3 Å². The number of primary amides is 1. The predicted molar refractivity (Wildman–Crippen MR) is 85.3 cm³/mol. The molecule has 0 unspecified atom stereocenters. The van der Waals surface area contributed by atoms with Gasteiger partial charge in [-0.25, -0.2) is 0 Å². The third-order valence-electron chi connectivity index (χ3n) is 3.72. The first kappa shape index (κ1) is 14.9. The highest BCUT2D eigenvalue weighted by Crippen LogP contribution is 2.35. The molecule has 0 saturated heterocycles. The molecule has 0 aromatic carbocycles. The molecule has 2 N–H and O–H groups in total. The van der Waals surface area contributed by atoms with Gasteiger partial charge in [-0.2, -0.15) is 0 Å². The summed E-state index contributed by atoms with van der Waals surface area (Å²) >= 11 is 1.66. The van der Waals surface area contributed by atoms with Gasteiger partial charge in [-0.05, 0) is 31.2 Å². The quantitative estimate of drug-likeness (QED) is 0.859. The minimum Gasteiger partial charge on any atom is -0.366 e. The van der Waals surface area contributed by atoms with Crippen molar-refractivity contribution in [3.05, 3.63) is 34.5 Å². The van der Waals surface area contributed by atoms with E-state index in [0.29, 0.717) is 5.56 Å². The SMILES string of the molecule is CCCCn1c(C)c(C(N)=O)c(-c2cccs2)c1CC. The van der Waals surface area contributed by atoms with Crippen LogP contribution < -0.4 is 5.73 Å². The fourth-order valence-electron chi connectivity index (χ4n) is 2.77. The van der Waals surface area contributed by atoms with Crippen LogP contribution in [0.25, 0.3) is 10.4 Å². The molecule has 0 aliphatic carbocycles. The Labute approximate surface area is 124 Å². The van der Waals surface area contributed by atoms with Crippen molar-refractivity contribution in [3.63, 3.8) is 0 Å². The monoisotopic (exact) mass is 290 g/mol. The summed E-state index contributed by atoms with van der Waals surface area (Å²) in [4.78, 5) is 13.0. The third kappa shape index (κ3) is 2.52. The van der Waals surface area contributed by atoms with Crippen molar-refractivity contribution in [2.45, 2.75) is 46.6 Å². The highest BCUT2D eigenvalue weighted by atomic mass is 32.1. The molecule has 0 atom stereocenters. The van der Waals surface area contributed by atoms with E-state index < -0.39 is 0 Å². The molecular weight excluding hydrogens is 268 g/mol. The minimum absolute atomic E-state index is 0.323. The van der Waals surface area contributed by atoms with Crippen LogP contribution in [-0.4, -0.2) is 10.5 Å². The summed E-state index contributed by atoms with van der Waals surface area (Å²) in [6.07, 6.45) is 3.16. The third-order valence-corrected chi connectivity index (χ3v) is 4.60. The molecule has 20 heavy (non-hydrogen) atoms. The van der Waals surface area contributed by atoms with Crippen LogP contribution in [-0.2, 0) is 13.0 Å². The summed E-state index contributed by atoms with van der Waals surface area (Å²) < 4.78 is 2.28. The van der Waals surface area contributed by atoms with Gasteiger partial charge < -0.3 is 10.3 Å². The summed E-state index contributed by atoms with van der Waals surface area (Å²) in [6.45, 7) is 7.28. The second kappa shape index (κ2) is 6.27. The normalized spacial score (nSPS) is 10.9. The highest BCUT2D eigenvalue weighted by molar-refractivity contribution is 7.13. The van der Waals surface area contributed by atoms with Crippen LogP contribution in [0.4, 0.5) is 0 Å². The van der Waals surface area contributed by atoms with Gasteiger partial charge in [0.25, 0.3) is 5.91 Å². The number of rotatable bonds is 6. The largest absolute Gasteiger partial charge is 0.366 e. The number of hydrogen-bond donors (Lipinski definition) is 1. The highest BCUT2D eigenvalue weighted by Gasteiger charge is 2.23. The van der Waals surface area contributed by atoms with Crippen molar-refractivity contribution >= 4 is 17.2 Å². The maximum atomic E-state index is 11.9. The Morgan fingerprint density at radius 2 is 2.15 bits per heavy atom. The van der Waals surface area contributed by atoms with Crippen LogP contribution in [0.15, 0.2) is 17.5 Å². The molecule has 2 aromatic heterocycles. The van der Waals surface area contributed by atoms with Crippen molar-refractivity contribution in [2.75, 3.05) is 0 Å². The van der Waals surface area contributed by atoms with Crippen molar-refractivity contribution in [2.24, 2.45) is 5.73 Å². The maximum absolute atomic E-state index is 11.9. The van der Waals surface area contributed by atoms with Crippen LogP contribution in [0.5, 0.6) is 0 Å². The zero-order chi connectivity index (χ0) is 14.7. The van der Waals surface area contributed by atoms with E-state index in [0.717, 1.165) is 41.9 Å². The van der Waals surface area contributed by atoms with Gasteiger partial charge in [-0.15, -0.1) is 11.3 Å². The average molecular weight is 290 g/mol. The van der Waals surface area contributed by atoms with E-state index in [1.807, 2.05) is 18.4 Å². The van der Waals surface area contributed by atoms with Crippen molar-refractivity contribution < 1.29 is 4.79 Å². The predicted octanol–water partition coefficient (Wildman–Crippen LogP) is 3.99. The second-order valence-electron chi connectivity index (χ2n) is 4.98. The van der Waals surface area contributed by atoms with Gasteiger partial charge in [0, 0.05) is 28.4 Å².